The minimum absolute atomic E-state index is 0.639. The van der Waals surface area contributed by atoms with E-state index in [1.54, 1.807) is 5.57 Å². The van der Waals surface area contributed by atoms with Crippen molar-refractivity contribution in [3.8, 4) is 11.1 Å². The molecule has 122 valence electrons. The van der Waals surface area contributed by atoms with Crippen LogP contribution in [0.25, 0.3) is 27.7 Å². The maximum atomic E-state index is 5.78. The number of benzene rings is 1. The molecule has 0 aliphatic carbocycles. The molecule has 3 aromatic rings. The Morgan fingerprint density at radius 3 is 2.96 bits per heavy atom. The lowest BCUT2D eigenvalue weighted by molar-refractivity contribution is 0.224. The zero-order valence-electron chi connectivity index (χ0n) is 13.9. The van der Waals surface area contributed by atoms with E-state index >= 15 is 0 Å². The number of hydrogen-bond donors (Lipinski definition) is 0. The molecule has 2 atom stereocenters. The molecule has 2 aliphatic heterocycles. The second kappa shape index (κ2) is 5.61. The number of hydrogen-bond acceptors (Lipinski definition) is 3. The van der Waals surface area contributed by atoms with Crippen LogP contribution in [-0.4, -0.2) is 23.5 Å². The molecule has 5 rings (SSSR count). The highest BCUT2D eigenvalue weighted by Crippen LogP contribution is 2.44. The van der Waals surface area contributed by atoms with Crippen molar-refractivity contribution in [3.05, 3.63) is 52.9 Å². The Hall–Kier alpha value is -1.84. The van der Waals surface area contributed by atoms with Crippen molar-refractivity contribution < 1.29 is 4.42 Å². The van der Waals surface area contributed by atoms with Gasteiger partial charge in [0.25, 0.3) is 0 Å². The fourth-order valence-corrected chi connectivity index (χ4v) is 5.48. The second-order valence-corrected chi connectivity index (χ2v) is 7.75. The smallest absolute Gasteiger partial charge is 0.134 e. The van der Waals surface area contributed by atoms with Gasteiger partial charge in [-0.25, -0.2) is 0 Å². The summed E-state index contributed by atoms with van der Waals surface area (Å²) < 4.78 is 5.78. The minimum Gasteiger partial charge on any atom is -0.464 e. The molecule has 2 nitrogen and oxygen atoms in total. The topological polar surface area (TPSA) is 16.4 Å². The monoisotopic (exact) mass is 335 g/mol. The van der Waals surface area contributed by atoms with Gasteiger partial charge in [-0.3, -0.25) is 4.90 Å². The summed E-state index contributed by atoms with van der Waals surface area (Å²) in [6.07, 6.45) is 8.30. The van der Waals surface area contributed by atoms with Crippen molar-refractivity contribution in [2.45, 2.75) is 38.3 Å². The highest BCUT2D eigenvalue weighted by atomic mass is 32.1. The van der Waals surface area contributed by atoms with E-state index in [1.807, 2.05) is 29.7 Å². The van der Waals surface area contributed by atoms with Crippen molar-refractivity contribution >= 4 is 27.9 Å². The van der Waals surface area contributed by atoms with Crippen LogP contribution < -0.4 is 0 Å². The van der Waals surface area contributed by atoms with Gasteiger partial charge in [0.1, 0.15) is 5.58 Å². The predicted molar refractivity (Wildman–Crippen MR) is 101 cm³/mol. The first kappa shape index (κ1) is 14.5. The number of rotatable bonds is 3. The standard InChI is InChI=1S/C21H21NOS/c1-2-22-15-7-8-16(22)12-14(11-15)21-18(9-10-24-21)19-13-23-20-6-4-3-5-17(19)20/h3-6,9-11,13,15-16H,2,7-8,12H2,1H3. The van der Waals surface area contributed by atoms with E-state index in [0.717, 1.165) is 11.6 Å². The first-order valence-electron chi connectivity index (χ1n) is 8.86. The summed E-state index contributed by atoms with van der Waals surface area (Å²) in [6, 6.07) is 12.0. The van der Waals surface area contributed by atoms with Crippen LogP contribution in [0.2, 0.25) is 0 Å². The fraction of sp³-hybridized carbons (Fsp3) is 0.333. The maximum Gasteiger partial charge on any atom is 0.134 e. The van der Waals surface area contributed by atoms with E-state index in [9.17, 15) is 0 Å². The summed E-state index contributed by atoms with van der Waals surface area (Å²) in [4.78, 5) is 4.11. The average Bonchev–Trinajstić information content (AvgIpc) is 3.30. The lowest BCUT2D eigenvalue weighted by Crippen LogP contribution is -2.37. The maximum absolute atomic E-state index is 5.78. The van der Waals surface area contributed by atoms with Crippen LogP contribution in [0.1, 0.15) is 31.1 Å². The van der Waals surface area contributed by atoms with Crippen LogP contribution in [0.3, 0.4) is 0 Å². The lowest BCUT2D eigenvalue weighted by atomic mass is 9.95. The minimum atomic E-state index is 0.639. The van der Waals surface area contributed by atoms with Gasteiger partial charge < -0.3 is 4.42 Å². The van der Waals surface area contributed by atoms with E-state index in [-0.39, 0.29) is 0 Å². The summed E-state index contributed by atoms with van der Waals surface area (Å²) >= 11 is 1.88. The highest BCUT2D eigenvalue weighted by molar-refractivity contribution is 7.11. The van der Waals surface area contributed by atoms with E-state index in [0.29, 0.717) is 6.04 Å². The fourth-order valence-electron chi connectivity index (χ4n) is 4.54. The van der Waals surface area contributed by atoms with Gasteiger partial charge in [0, 0.05) is 33.5 Å². The van der Waals surface area contributed by atoms with Gasteiger partial charge in [0.2, 0.25) is 0 Å². The molecule has 0 saturated carbocycles. The van der Waals surface area contributed by atoms with E-state index in [1.165, 1.54) is 47.2 Å². The molecule has 1 fully saturated rings. The normalized spacial score (nSPS) is 23.8. The zero-order chi connectivity index (χ0) is 16.1. The van der Waals surface area contributed by atoms with Crippen molar-refractivity contribution in [3.63, 3.8) is 0 Å². The van der Waals surface area contributed by atoms with E-state index in [2.05, 4.69) is 41.5 Å². The average molecular weight is 335 g/mol. The summed E-state index contributed by atoms with van der Waals surface area (Å²) in [5.41, 5.74) is 5.08. The summed E-state index contributed by atoms with van der Waals surface area (Å²) in [5.74, 6) is 0. The van der Waals surface area contributed by atoms with Crippen LogP contribution >= 0.6 is 11.3 Å². The third kappa shape index (κ3) is 2.11. The molecule has 2 aromatic heterocycles. The Kier molecular flexibility index (Phi) is 3.39. The van der Waals surface area contributed by atoms with Crippen molar-refractivity contribution in [2.24, 2.45) is 0 Å². The van der Waals surface area contributed by atoms with Gasteiger partial charge in [-0.1, -0.05) is 31.2 Å². The largest absolute Gasteiger partial charge is 0.464 e. The number of likely N-dealkylation sites (N-methyl/N-ethyl adjacent to an activating group) is 1. The number of furan rings is 1. The number of fused-ring (bicyclic) bond motifs is 3. The molecule has 1 saturated heterocycles. The van der Waals surface area contributed by atoms with Gasteiger partial charge in [-0.15, -0.1) is 11.3 Å². The molecule has 4 heterocycles. The Bertz CT molecular complexity index is 919. The third-order valence-corrected chi connectivity index (χ3v) is 6.62. The molecule has 1 aromatic carbocycles. The molecule has 3 heteroatoms. The Morgan fingerprint density at radius 2 is 2.08 bits per heavy atom. The van der Waals surface area contributed by atoms with Crippen molar-refractivity contribution in [1.82, 2.24) is 4.90 Å². The number of nitrogens with zero attached hydrogens (tertiary/aromatic N) is 1. The molecule has 0 N–H and O–H groups in total. The Labute approximate surface area is 146 Å². The molecule has 0 radical (unpaired) electrons. The van der Waals surface area contributed by atoms with Gasteiger partial charge in [-0.2, -0.15) is 0 Å². The van der Waals surface area contributed by atoms with Gasteiger partial charge >= 0.3 is 0 Å². The van der Waals surface area contributed by atoms with Crippen LogP contribution in [0.5, 0.6) is 0 Å². The molecule has 0 spiro atoms. The Morgan fingerprint density at radius 1 is 1.17 bits per heavy atom. The third-order valence-electron chi connectivity index (χ3n) is 5.63. The molecule has 0 amide bonds. The predicted octanol–water partition coefficient (Wildman–Crippen LogP) is 5.80. The van der Waals surface area contributed by atoms with Gasteiger partial charge in [-0.05, 0) is 48.9 Å². The Balaban J connectivity index is 1.59. The summed E-state index contributed by atoms with van der Waals surface area (Å²) in [7, 11) is 0. The molecule has 2 bridgehead atoms. The van der Waals surface area contributed by atoms with Crippen LogP contribution in [0.15, 0.2) is 52.5 Å². The van der Waals surface area contributed by atoms with Gasteiger partial charge in [0.05, 0.1) is 6.26 Å². The van der Waals surface area contributed by atoms with E-state index in [4.69, 9.17) is 4.42 Å². The van der Waals surface area contributed by atoms with Crippen LogP contribution in [0.4, 0.5) is 0 Å². The molecule has 2 aliphatic rings. The molecular formula is C21H21NOS. The summed E-state index contributed by atoms with van der Waals surface area (Å²) in [6.45, 7) is 3.46. The second-order valence-electron chi connectivity index (χ2n) is 6.83. The first-order chi connectivity index (χ1) is 11.8. The SMILES string of the molecule is CCN1C2C=C(c3sccc3-c3coc4ccccc34)CC1CC2. The first-order valence-corrected chi connectivity index (χ1v) is 9.74. The van der Waals surface area contributed by atoms with Crippen LogP contribution in [0, 0.1) is 0 Å². The molecule has 2 unspecified atom stereocenters. The molecular weight excluding hydrogens is 314 g/mol. The quantitative estimate of drug-likeness (QED) is 0.601. The number of thiophene rings is 1. The highest BCUT2D eigenvalue weighted by Gasteiger charge is 2.36. The van der Waals surface area contributed by atoms with Crippen molar-refractivity contribution in [2.75, 3.05) is 6.54 Å². The zero-order valence-corrected chi connectivity index (χ0v) is 14.7. The summed E-state index contributed by atoms with van der Waals surface area (Å²) in [5, 5.41) is 3.44. The molecule has 24 heavy (non-hydrogen) atoms. The van der Waals surface area contributed by atoms with Crippen molar-refractivity contribution in [1.29, 1.82) is 0 Å². The van der Waals surface area contributed by atoms with E-state index < -0.39 is 0 Å². The van der Waals surface area contributed by atoms with Crippen LogP contribution in [-0.2, 0) is 0 Å². The lowest BCUT2D eigenvalue weighted by Gasteiger charge is -2.33. The van der Waals surface area contributed by atoms with Gasteiger partial charge in [0.15, 0.2) is 0 Å². The number of para-hydroxylation sites is 1.